The number of carboxylic acid groups (broad SMARTS) is 1. The van der Waals surface area contributed by atoms with Crippen LogP contribution in [0.15, 0.2) is 10.6 Å². The number of anilines is 1. The molecule has 0 aromatic carbocycles. The minimum absolute atomic E-state index is 0.0920. The average Bonchev–Trinajstić information content (AvgIpc) is 3.01. The molecular formula is C19H31N3O5. The molecule has 1 aliphatic heterocycles. The van der Waals surface area contributed by atoms with Crippen LogP contribution < -0.4 is 4.90 Å². The Bertz CT molecular complexity index is 657. The van der Waals surface area contributed by atoms with Gasteiger partial charge in [0.2, 0.25) is 0 Å². The van der Waals surface area contributed by atoms with E-state index >= 15 is 0 Å². The molecule has 0 saturated carbocycles. The molecule has 0 bridgehead atoms. The minimum Gasteiger partial charge on any atom is -0.481 e. The third-order valence-electron chi connectivity index (χ3n) is 4.78. The van der Waals surface area contributed by atoms with Crippen molar-refractivity contribution in [3.8, 4) is 0 Å². The number of hydrogen-bond acceptors (Lipinski definition) is 6. The van der Waals surface area contributed by atoms with E-state index in [1.54, 1.807) is 11.0 Å². The molecule has 0 spiro atoms. The lowest BCUT2D eigenvalue weighted by molar-refractivity contribution is -0.140. The number of ether oxygens (including phenoxy) is 1. The van der Waals surface area contributed by atoms with Crippen molar-refractivity contribution >= 4 is 17.9 Å². The summed E-state index contributed by atoms with van der Waals surface area (Å²) in [7, 11) is 1.92. The van der Waals surface area contributed by atoms with Gasteiger partial charge in [0, 0.05) is 32.2 Å². The van der Waals surface area contributed by atoms with Crippen molar-refractivity contribution in [1.82, 2.24) is 10.1 Å². The van der Waals surface area contributed by atoms with E-state index in [0.717, 1.165) is 12.8 Å². The molecular weight excluding hydrogens is 350 g/mol. The van der Waals surface area contributed by atoms with E-state index in [1.165, 1.54) is 0 Å². The molecule has 0 radical (unpaired) electrons. The normalized spacial score (nSPS) is 17.1. The molecule has 2 rings (SSSR count). The molecule has 1 aromatic heterocycles. The number of aromatic nitrogens is 1. The molecule has 1 fully saturated rings. The lowest BCUT2D eigenvalue weighted by atomic mass is 9.93. The van der Waals surface area contributed by atoms with Crippen molar-refractivity contribution in [2.45, 2.75) is 65.0 Å². The summed E-state index contributed by atoms with van der Waals surface area (Å²) in [6.07, 6.45) is 1.28. The van der Waals surface area contributed by atoms with Crippen LogP contribution in [0.1, 0.15) is 59.1 Å². The molecule has 8 nitrogen and oxygen atoms in total. The van der Waals surface area contributed by atoms with Gasteiger partial charge in [0.15, 0.2) is 11.6 Å². The van der Waals surface area contributed by atoms with Crippen molar-refractivity contribution in [3.05, 3.63) is 11.8 Å². The number of aliphatic carboxylic acids is 1. The number of amides is 1. The molecule has 1 N–H and O–H groups in total. The molecule has 8 heteroatoms. The summed E-state index contributed by atoms with van der Waals surface area (Å²) in [5, 5.41) is 13.5. The Balaban J connectivity index is 1.97. The number of carboxylic acids is 1. The van der Waals surface area contributed by atoms with Gasteiger partial charge in [0.1, 0.15) is 11.5 Å². The first-order valence-electron chi connectivity index (χ1n) is 9.39. The second kappa shape index (κ2) is 8.19. The highest BCUT2D eigenvalue weighted by Crippen LogP contribution is 2.29. The average molecular weight is 381 g/mol. The van der Waals surface area contributed by atoms with E-state index in [9.17, 15) is 14.7 Å². The second-order valence-corrected chi connectivity index (χ2v) is 8.46. The Morgan fingerprint density at radius 1 is 1.33 bits per heavy atom. The van der Waals surface area contributed by atoms with Gasteiger partial charge in [-0.25, -0.2) is 4.79 Å². The number of carbonyl (C=O) groups excluding carboxylic acids is 1. The van der Waals surface area contributed by atoms with Gasteiger partial charge >= 0.3 is 12.1 Å². The van der Waals surface area contributed by atoms with E-state index < -0.39 is 17.5 Å². The molecule has 2 heterocycles. The molecule has 0 aliphatic carbocycles. The van der Waals surface area contributed by atoms with Crippen LogP contribution in [0.4, 0.5) is 10.6 Å². The Morgan fingerprint density at radius 3 is 2.41 bits per heavy atom. The van der Waals surface area contributed by atoms with Crippen LogP contribution in [0.2, 0.25) is 0 Å². The minimum atomic E-state index is -0.916. The summed E-state index contributed by atoms with van der Waals surface area (Å²) in [6.45, 7) is 10.5. The van der Waals surface area contributed by atoms with Gasteiger partial charge in [-0.15, -0.1) is 0 Å². The van der Waals surface area contributed by atoms with Crippen molar-refractivity contribution < 1.29 is 24.0 Å². The molecule has 1 amide bonds. The molecule has 27 heavy (non-hydrogen) atoms. The van der Waals surface area contributed by atoms with Gasteiger partial charge in [-0.05, 0) is 39.5 Å². The summed E-state index contributed by atoms with van der Waals surface area (Å²) in [6, 6.07) is 1.91. The Morgan fingerprint density at radius 2 is 1.93 bits per heavy atom. The summed E-state index contributed by atoms with van der Waals surface area (Å²) in [5.41, 5.74) is -0.501. The monoisotopic (exact) mass is 381 g/mol. The molecule has 1 aliphatic rings. The third kappa shape index (κ3) is 5.37. The van der Waals surface area contributed by atoms with Crippen LogP contribution in [0.5, 0.6) is 0 Å². The van der Waals surface area contributed by atoms with Crippen LogP contribution in [-0.4, -0.2) is 59.0 Å². The fourth-order valence-corrected chi connectivity index (χ4v) is 3.28. The molecule has 1 aromatic rings. The summed E-state index contributed by atoms with van der Waals surface area (Å²) in [5.74, 6) is -0.737. The maximum absolute atomic E-state index is 12.2. The molecule has 152 valence electrons. The zero-order valence-electron chi connectivity index (χ0n) is 17.1. The van der Waals surface area contributed by atoms with Gasteiger partial charge in [-0.1, -0.05) is 19.0 Å². The quantitative estimate of drug-likeness (QED) is 0.835. The topological polar surface area (TPSA) is 96.1 Å². The Kier molecular flexibility index (Phi) is 6.38. The zero-order valence-corrected chi connectivity index (χ0v) is 17.1. The number of likely N-dealkylation sites (tertiary alicyclic amines) is 1. The van der Waals surface area contributed by atoms with Crippen molar-refractivity contribution in [3.63, 3.8) is 0 Å². The lowest BCUT2D eigenvalue weighted by Crippen LogP contribution is -2.47. The SMILES string of the molecule is CC(C)C(C(=O)O)c1cc(N(C)C2CCN(C(=O)OC(C)(C)C)CC2)no1. The number of hydrogen-bond donors (Lipinski definition) is 1. The Hall–Kier alpha value is -2.25. The first-order valence-corrected chi connectivity index (χ1v) is 9.39. The van der Waals surface area contributed by atoms with Crippen LogP contribution in [0, 0.1) is 5.92 Å². The molecule has 1 atom stereocenters. The fourth-order valence-electron chi connectivity index (χ4n) is 3.28. The summed E-state index contributed by atoms with van der Waals surface area (Å²) < 4.78 is 10.7. The van der Waals surface area contributed by atoms with E-state index in [4.69, 9.17) is 9.26 Å². The maximum atomic E-state index is 12.2. The predicted molar refractivity (Wildman–Crippen MR) is 101 cm³/mol. The second-order valence-electron chi connectivity index (χ2n) is 8.46. The third-order valence-corrected chi connectivity index (χ3v) is 4.78. The van der Waals surface area contributed by atoms with E-state index in [-0.39, 0.29) is 18.1 Å². The van der Waals surface area contributed by atoms with Crippen molar-refractivity contribution in [2.24, 2.45) is 5.92 Å². The van der Waals surface area contributed by atoms with Gasteiger partial charge in [0.25, 0.3) is 0 Å². The zero-order chi connectivity index (χ0) is 20.4. The number of carbonyl (C=O) groups is 2. The van der Waals surface area contributed by atoms with E-state index in [2.05, 4.69) is 5.16 Å². The van der Waals surface area contributed by atoms with E-state index in [0.29, 0.717) is 24.7 Å². The number of rotatable bonds is 5. The molecule has 1 saturated heterocycles. The fraction of sp³-hybridized carbons (Fsp3) is 0.737. The van der Waals surface area contributed by atoms with Crippen molar-refractivity contribution in [2.75, 3.05) is 25.0 Å². The standard InChI is InChI=1S/C19H31N3O5/c1-12(2)16(17(23)24)14-11-15(20-27-14)21(6)13-7-9-22(10-8-13)18(25)26-19(3,4)5/h11-13,16H,7-10H2,1-6H3,(H,23,24). The van der Waals surface area contributed by atoms with Crippen LogP contribution >= 0.6 is 0 Å². The highest BCUT2D eigenvalue weighted by atomic mass is 16.6. The highest BCUT2D eigenvalue weighted by molar-refractivity contribution is 5.75. The maximum Gasteiger partial charge on any atom is 0.410 e. The predicted octanol–water partition coefficient (Wildman–Crippen LogP) is 3.33. The Labute approximate surface area is 160 Å². The van der Waals surface area contributed by atoms with Gasteiger partial charge in [0.05, 0.1) is 0 Å². The van der Waals surface area contributed by atoms with Gasteiger partial charge in [-0.3, -0.25) is 4.79 Å². The lowest BCUT2D eigenvalue weighted by Gasteiger charge is -2.37. The molecule has 1 unspecified atom stereocenters. The summed E-state index contributed by atoms with van der Waals surface area (Å²) >= 11 is 0. The smallest absolute Gasteiger partial charge is 0.410 e. The van der Waals surface area contributed by atoms with Crippen LogP contribution in [0.25, 0.3) is 0 Å². The largest absolute Gasteiger partial charge is 0.481 e. The number of nitrogens with zero attached hydrogens (tertiary/aromatic N) is 3. The van der Waals surface area contributed by atoms with Gasteiger partial charge in [-0.2, -0.15) is 0 Å². The van der Waals surface area contributed by atoms with Crippen LogP contribution in [-0.2, 0) is 9.53 Å². The van der Waals surface area contributed by atoms with Crippen molar-refractivity contribution in [1.29, 1.82) is 0 Å². The summed E-state index contributed by atoms with van der Waals surface area (Å²) in [4.78, 5) is 27.4. The number of piperidine rings is 1. The van der Waals surface area contributed by atoms with Gasteiger partial charge < -0.3 is 24.2 Å². The van der Waals surface area contributed by atoms with E-state index in [1.807, 2.05) is 46.6 Å². The first kappa shape index (κ1) is 21.1. The first-order chi connectivity index (χ1) is 12.5. The highest BCUT2D eigenvalue weighted by Gasteiger charge is 2.31. The van der Waals surface area contributed by atoms with Crippen LogP contribution in [0.3, 0.4) is 0 Å².